The number of hydrogen-bond acceptors (Lipinski definition) is 4. The van der Waals surface area contributed by atoms with Gasteiger partial charge in [0.25, 0.3) is 0 Å². The summed E-state index contributed by atoms with van der Waals surface area (Å²) in [5, 5.41) is 21.5. The minimum absolute atomic E-state index is 1.21. The molecule has 16 aromatic carbocycles. The Morgan fingerprint density at radius 2 is 0.500 bits per heavy atom. The number of hydrogen-bond donors (Lipinski definition) is 0. The van der Waals surface area contributed by atoms with Crippen LogP contribution in [0.15, 0.2) is 364 Å². The van der Waals surface area contributed by atoms with E-state index < -0.39 is 0 Å². The lowest BCUT2D eigenvalue weighted by Gasteiger charge is -2.08. The lowest BCUT2D eigenvalue weighted by Crippen LogP contribution is -1.93. The molecule has 4 nitrogen and oxygen atoms in total. The molecule has 0 aliphatic carbocycles. The molecule has 0 amide bonds. The third kappa shape index (κ3) is 9.61. The maximum absolute atomic E-state index is 2.42. The van der Waals surface area contributed by atoms with E-state index in [2.05, 4.69) is 382 Å². The van der Waals surface area contributed by atoms with Crippen LogP contribution in [0.3, 0.4) is 0 Å². The predicted molar refractivity (Wildman–Crippen MR) is 455 cm³/mol. The van der Waals surface area contributed by atoms with Crippen molar-refractivity contribution in [3.05, 3.63) is 364 Å². The minimum Gasteiger partial charge on any atom is -0.309 e. The number of rotatable bonds is 4. The second-order valence-electron chi connectivity index (χ2n) is 26.5. The van der Waals surface area contributed by atoms with Gasteiger partial charge < -0.3 is 18.3 Å². The number of thiophene rings is 4. The van der Waals surface area contributed by atoms with Crippen molar-refractivity contribution in [2.75, 3.05) is 0 Å². The quantitative estimate of drug-likeness (QED) is 0.167. The molecule has 0 unspecified atom stereocenters. The van der Waals surface area contributed by atoms with Crippen LogP contribution in [-0.2, 0) is 0 Å². The highest BCUT2D eigenvalue weighted by molar-refractivity contribution is 7.27. The van der Waals surface area contributed by atoms with E-state index in [4.69, 9.17) is 0 Å². The Balaban J connectivity index is 0.0000000896. The third-order valence-electron chi connectivity index (χ3n) is 20.8. The molecule has 0 fully saturated rings. The van der Waals surface area contributed by atoms with Gasteiger partial charge in [-0.05, 0) is 133 Å². The number of benzene rings is 16. The first kappa shape index (κ1) is 60.4. The fraction of sp³-hybridized carbons (Fsp3) is 0. The summed E-state index contributed by atoms with van der Waals surface area (Å²) in [6.45, 7) is 0. The van der Waals surface area contributed by atoms with Crippen LogP contribution < -0.4 is 0 Å². The second-order valence-corrected chi connectivity index (χ2v) is 30.8. The van der Waals surface area contributed by atoms with Crippen molar-refractivity contribution in [3.8, 4) is 22.7 Å². The Morgan fingerprint density at radius 3 is 1.06 bits per heavy atom. The van der Waals surface area contributed by atoms with E-state index in [0.29, 0.717) is 0 Å². The van der Waals surface area contributed by atoms with Crippen LogP contribution in [0.4, 0.5) is 0 Å². The van der Waals surface area contributed by atoms with Gasteiger partial charge >= 0.3 is 0 Å². The van der Waals surface area contributed by atoms with Gasteiger partial charge in [0.05, 0.1) is 44.1 Å². The molecular weight excluding hydrogens is 1340 g/mol. The van der Waals surface area contributed by atoms with E-state index in [0.717, 1.165) is 0 Å². The first-order chi connectivity index (χ1) is 51.6. The summed E-state index contributed by atoms with van der Waals surface area (Å²) in [4.78, 5) is 0. The van der Waals surface area contributed by atoms with Crippen LogP contribution in [0.1, 0.15) is 0 Å². The highest BCUT2D eigenvalue weighted by Crippen LogP contribution is 2.48. The van der Waals surface area contributed by atoms with E-state index in [1.807, 2.05) is 45.3 Å². The minimum atomic E-state index is 1.21. The molecule has 0 aliphatic heterocycles. The lowest BCUT2D eigenvalue weighted by molar-refractivity contribution is 1.18. The Labute approximate surface area is 613 Å². The lowest BCUT2D eigenvalue weighted by atomic mass is 10.1. The van der Waals surface area contributed by atoms with E-state index in [1.54, 1.807) is 0 Å². The molecule has 24 rings (SSSR count). The van der Waals surface area contributed by atoms with Crippen LogP contribution in [0.2, 0.25) is 0 Å². The van der Waals surface area contributed by atoms with E-state index in [-0.39, 0.29) is 0 Å². The Hall–Kier alpha value is -12.4. The van der Waals surface area contributed by atoms with Gasteiger partial charge in [0.15, 0.2) is 0 Å². The molecule has 0 spiro atoms. The Morgan fingerprint density at radius 1 is 0.154 bits per heavy atom. The van der Waals surface area contributed by atoms with E-state index >= 15 is 0 Å². The van der Waals surface area contributed by atoms with E-state index in [1.165, 1.54) is 191 Å². The standard InChI is InChI=1S/4C24H15NS/c1-2-8-16(9-3-1)25-20-12-6-4-11-19(20)23-21(25)15-14-18-17-10-5-7-13-22(17)26-24(18)23;1-2-8-16(9-3-1)25-21-12-6-4-10-17(21)19-14-20-18-11-5-7-13-23(18)26-24(20)15-22(19)25;1-2-8-16(9-3-1)25-20-12-6-4-10-17(20)18-14-15-22-23(24(18)25)19-11-5-7-13-21(19)26-22;1-2-8-16(9-3-1)25-19-12-6-4-10-17(19)23-20(25)14-15-22-24(23)18-11-5-7-13-21(18)26-22/h4*1-15H. The van der Waals surface area contributed by atoms with Gasteiger partial charge in [-0.2, -0.15) is 0 Å². The zero-order chi connectivity index (χ0) is 68.3. The largest absolute Gasteiger partial charge is 0.309 e. The summed E-state index contributed by atoms with van der Waals surface area (Å²) < 4.78 is 20.4. The van der Waals surface area contributed by atoms with E-state index in [9.17, 15) is 0 Å². The van der Waals surface area contributed by atoms with Crippen molar-refractivity contribution >= 4 is 213 Å². The molecule has 0 saturated heterocycles. The molecular formula is C96H60N4S4. The van der Waals surface area contributed by atoms with Crippen molar-refractivity contribution < 1.29 is 0 Å². The van der Waals surface area contributed by atoms with Gasteiger partial charge in [0.1, 0.15) is 0 Å². The summed E-state index contributed by atoms with van der Waals surface area (Å²) in [6, 6.07) is 131. The average Bonchev–Trinajstić information content (AvgIpc) is 1.59. The fourth-order valence-corrected chi connectivity index (χ4v) is 21.0. The topological polar surface area (TPSA) is 19.7 Å². The van der Waals surface area contributed by atoms with Crippen molar-refractivity contribution in [2.45, 2.75) is 0 Å². The molecule has 24 aromatic rings. The second kappa shape index (κ2) is 24.7. The molecule has 8 aromatic heterocycles. The monoisotopic (exact) mass is 1400 g/mol. The maximum Gasteiger partial charge on any atom is 0.0634 e. The SMILES string of the molecule is c1ccc(-n2c3ccccc3c3c4c(ccc32)sc2ccccc24)cc1.c1ccc(-n2c3ccccc3c3c4sc5ccccc5c4ccc32)cc1.c1ccc(-n2c3ccccc3c3cc4c(cc32)sc2ccccc24)cc1.c1ccc(-n2c3ccccc3c3ccc4sc5ccccc5c4c32)cc1. The fourth-order valence-electron chi connectivity index (χ4n) is 16.4. The summed E-state index contributed by atoms with van der Waals surface area (Å²) in [5.74, 6) is 0. The number of aromatic nitrogens is 4. The van der Waals surface area contributed by atoms with Crippen molar-refractivity contribution in [3.63, 3.8) is 0 Å². The van der Waals surface area contributed by atoms with Crippen LogP contribution in [0.25, 0.3) is 191 Å². The number of fused-ring (bicyclic) bond motifs is 27. The van der Waals surface area contributed by atoms with Crippen LogP contribution in [0.5, 0.6) is 0 Å². The molecule has 0 radical (unpaired) electrons. The zero-order valence-electron chi connectivity index (χ0n) is 56.1. The predicted octanol–water partition coefficient (Wildman–Crippen LogP) is 28.6. The molecule has 0 bridgehead atoms. The maximum atomic E-state index is 2.42. The Kier molecular flexibility index (Phi) is 14.3. The van der Waals surface area contributed by atoms with Gasteiger partial charge in [0, 0.05) is 147 Å². The normalized spacial score (nSPS) is 11.8. The van der Waals surface area contributed by atoms with Gasteiger partial charge in [0.2, 0.25) is 0 Å². The van der Waals surface area contributed by atoms with Crippen LogP contribution in [-0.4, -0.2) is 18.3 Å². The molecule has 488 valence electrons. The Bertz CT molecular complexity index is 7390. The number of para-hydroxylation sites is 8. The third-order valence-corrected chi connectivity index (χ3v) is 25.4. The van der Waals surface area contributed by atoms with Gasteiger partial charge in [-0.15, -0.1) is 45.3 Å². The summed E-state index contributed by atoms with van der Waals surface area (Å²) in [7, 11) is 0. The summed E-state index contributed by atoms with van der Waals surface area (Å²) in [6.07, 6.45) is 0. The molecule has 0 aliphatic rings. The average molecular weight is 1400 g/mol. The summed E-state index contributed by atoms with van der Waals surface area (Å²) >= 11 is 7.54. The molecule has 8 heterocycles. The van der Waals surface area contributed by atoms with Crippen molar-refractivity contribution in [1.82, 2.24) is 18.3 Å². The summed E-state index contributed by atoms with van der Waals surface area (Å²) in [5.41, 5.74) is 15.0. The molecule has 0 saturated carbocycles. The number of nitrogens with zero attached hydrogens (tertiary/aromatic N) is 4. The molecule has 8 heteroatoms. The van der Waals surface area contributed by atoms with Crippen molar-refractivity contribution in [2.24, 2.45) is 0 Å². The highest BCUT2D eigenvalue weighted by atomic mass is 32.1. The van der Waals surface area contributed by atoms with Crippen molar-refractivity contribution in [1.29, 1.82) is 0 Å². The molecule has 104 heavy (non-hydrogen) atoms. The smallest absolute Gasteiger partial charge is 0.0634 e. The van der Waals surface area contributed by atoms with Gasteiger partial charge in [-0.1, -0.05) is 231 Å². The first-order valence-corrected chi connectivity index (χ1v) is 38.5. The van der Waals surface area contributed by atoms with Crippen LogP contribution >= 0.6 is 45.3 Å². The van der Waals surface area contributed by atoms with Crippen LogP contribution in [0, 0.1) is 0 Å². The first-order valence-electron chi connectivity index (χ1n) is 35.2. The molecule has 0 atom stereocenters. The highest BCUT2D eigenvalue weighted by Gasteiger charge is 2.22. The zero-order valence-corrected chi connectivity index (χ0v) is 59.3. The van der Waals surface area contributed by atoms with Gasteiger partial charge in [-0.3, -0.25) is 0 Å². The molecule has 0 N–H and O–H groups in total. The van der Waals surface area contributed by atoms with Gasteiger partial charge in [-0.25, -0.2) is 0 Å².